The van der Waals surface area contributed by atoms with Gasteiger partial charge in [-0.1, -0.05) is 11.6 Å². The predicted octanol–water partition coefficient (Wildman–Crippen LogP) is 3.89. The van der Waals surface area contributed by atoms with E-state index in [4.69, 9.17) is 25.5 Å². The average Bonchev–Trinajstić information content (AvgIpc) is 3.04. The fraction of sp³-hybridized carbons (Fsp3) is 0.478. The van der Waals surface area contributed by atoms with E-state index in [1.807, 2.05) is 17.0 Å². The lowest BCUT2D eigenvalue weighted by molar-refractivity contribution is -0.145. The van der Waals surface area contributed by atoms with Crippen molar-refractivity contribution in [1.82, 2.24) is 9.80 Å². The summed E-state index contributed by atoms with van der Waals surface area (Å²) in [7, 11) is 0. The van der Waals surface area contributed by atoms with Gasteiger partial charge in [-0.05, 0) is 56.7 Å². The lowest BCUT2D eigenvalue weighted by atomic mass is 10.1. The van der Waals surface area contributed by atoms with E-state index in [2.05, 4.69) is 4.90 Å². The van der Waals surface area contributed by atoms with Crippen molar-refractivity contribution >= 4 is 23.5 Å². The summed E-state index contributed by atoms with van der Waals surface area (Å²) >= 11 is 5.92. The summed E-state index contributed by atoms with van der Waals surface area (Å²) in [5, 5.41) is 0.624. The van der Waals surface area contributed by atoms with Gasteiger partial charge in [-0.2, -0.15) is 0 Å². The number of furan rings is 1. The molecule has 2 heterocycles. The summed E-state index contributed by atoms with van der Waals surface area (Å²) in [5.41, 5.74) is -0.977. The molecule has 1 amide bonds. The Labute approximate surface area is 187 Å². The van der Waals surface area contributed by atoms with Gasteiger partial charge < -0.3 is 18.8 Å². The number of ether oxygens (including phenoxy) is 2. The Bertz CT molecular complexity index is 894. The Morgan fingerprint density at radius 1 is 1.03 bits per heavy atom. The summed E-state index contributed by atoms with van der Waals surface area (Å²) in [5.74, 6) is 1.68. The van der Waals surface area contributed by atoms with Crippen LogP contribution >= 0.6 is 11.6 Å². The largest absolute Gasteiger partial charge is 0.478 e. The molecule has 0 saturated carbocycles. The summed E-state index contributed by atoms with van der Waals surface area (Å²) in [6.07, 6.45) is 0.865. The first-order valence-electron chi connectivity index (χ1n) is 10.4. The van der Waals surface area contributed by atoms with Crippen LogP contribution < -0.4 is 4.74 Å². The molecule has 0 unspecified atom stereocenters. The SMILES string of the molecule is CC(=O)OCc1ccc(CN2CCCN(C(=O)C(C)(C)Oc3ccc(Cl)cc3)CC2)o1. The van der Waals surface area contributed by atoms with E-state index in [1.165, 1.54) is 6.92 Å². The highest BCUT2D eigenvalue weighted by molar-refractivity contribution is 6.30. The first-order valence-corrected chi connectivity index (χ1v) is 10.8. The minimum atomic E-state index is -0.977. The molecule has 1 saturated heterocycles. The van der Waals surface area contributed by atoms with Gasteiger partial charge in [0.1, 0.15) is 23.9 Å². The smallest absolute Gasteiger partial charge is 0.303 e. The van der Waals surface area contributed by atoms with Crippen molar-refractivity contribution in [3.8, 4) is 5.75 Å². The van der Waals surface area contributed by atoms with Crippen LogP contribution in [0.25, 0.3) is 0 Å². The molecular formula is C23H29ClN2O5. The van der Waals surface area contributed by atoms with Gasteiger partial charge in [-0.25, -0.2) is 0 Å². The first-order chi connectivity index (χ1) is 14.7. The summed E-state index contributed by atoms with van der Waals surface area (Å²) in [6, 6.07) is 10.7. The molecule has 0 radical (unpaired) electrons. The fourth-order valence-corrected chi connectivity index (χ4v) is 3.66. The Morgan fingerprint density at radius 2 is 1.74 bits per heavy atom. The number of halogens is 1. The molecule has 7 nitrogen and oxygen atoms in total. The van der Waals surface area contributed by atoms with Crippen molar-refractivity contribution in [3.63, 3.8) is 0 Å². The molecule has 168 valence electrons. The maximum atomic E-state index is 13.1. The molecule has 8 heteroatoms. The van der Waals surface area contributed by atoms with Gasteiger partial charge in [0.25, 0.3) is 5.91 Å². The van der Waals surface area contributed by atoms with Crippen molar-refractivity contribution in [1.29, 1.82) is 0 Å². The number of hydrogen-bond donors (Lipinski definition) is 0. The highest BCUT2D eigenvalue weighted by Gasteiger charge is 2.35. The summed E-state index contributed by atoms with van der Waals surface area (Å²) in [4.78, 5) is 28.2. The van der Waals surface area contributed by atoms with Crippen molar-refractivity contribution in [2.24, 2.45) is 0 Å². The average molecular weight is 449 g/mol. The van der Waals surface area contributed by atoms with Gasteiger partial charge in [-0.3, -0.25) is 14.5 Å². The second-order valence-electron chi connectivity index (χ2n) is 8.14. The third-order valence-corrected chi connectivity index (χ3v) is 5.34. The quantitative estimate of drug-likeness (QED) is 0.598. The van der Waals surface area contributed by atoms with E-state index in [9.17, 15) is 9.59 Å². The van der Waals surface area contributed by atoms with Crippen LogP contribution in [0.5, 0.6) is 5.75 Å². The third-order valence-electron chi connectivity index (χ3n) is 5.09. The maximum absolute atomic E-state index is 13.1. The molecule has 1 aliphatic heterocycles. The zero-order valence-electron chi connectivity index (χ0n) is 18.2. The van der Waals surface area contributed by atoms with Crippen LogP contribution in [-0.2, 0) is 27.5 Å². The Balaban J connectivity index is 1.53. The van der Waals surface area contributed by atoms with Gasteiger partial charge in [0, 0.05) is 38.1 Å². The molecule has 31 heavy (non-hydrogen) atoms. The van der Waals surface area contributed by atoms with Crippen molar-refractivity contribution in [2.75, 3.05) is 26.2 Å². The zero-order valence-corrected chi connectivity index (χ0v) is 19.0. The maximum Gasteiger partial charge on any atom is 0.303 e. The van der Waals surface area contributed by atoms with Crippen molar-refractivity contribution < 1.29 is 23.5 Å². The van der Waals surface area contributed by atoms with Crippen LogP contribution in [0.4, 0.5) is 0 Å². The van der Waals surface area contributed by atoms with Crippen LogP contribution in [0, 0.1) is 0 Å². The molecule has 1 aromatic heterocycles. The molecule has 1 aromatic carbocycles. The van der Waals surface area contributed by atoms with Crippen LogP contribution in [-0.4, -0.2) is 53.5 Å². The fourth-order valence-electron chi connectivity index (χ4n) is 3.53. The van der Waals surface area contributed by atoms with Crippen LogP contribution in [0.1, 0.15) is 38.7 Å². The molecule has 0 spiro atoms. The molecular weight excluding hydrogens is 420 g/mol. The number of amides is 1. The number of nitrogens with zero attached hydrogens (tertiary/aromatic N) is 2. The van der Waals surface area contributed by atoms with E-state index < -0.39 is 5.60 Å². The highest BCUT2D eigenvalue weighted by Crippen LogP contribution is 2.23. The Morgan fingerprint density at radius 3 is 2.45 bits per heavy atom. The number of rotatable bonds is 7. The minimum Gasteiger partial charge on any atom is -0.478 e. The summed E-state index contributed by atoms with van der Waals surface area (Å²) < 4.78 is 16.7. The Hall–Kier alpha value is -2.51. The number of esters is 1. The van der Waals surface area contributed by atoms with Gasteiger partial charge in [0.05, 0.1) is 6.54 Å². The van der Waals surface area contributed by atoms with E-state index in [1.54, 1.807) is 38.1 Å². The van der Waals surface area contributed by atoms with Gasteiger partial charge in [0.2, 0.25) is 0 Å². The number of carbonyl (C=O) groups excluding carboxylic acids is 2. The van der Waals surface area contributed by atoms with Crippen LogP contribution in [0.2, 0.25) is 5.02 Å². The standard InChI is InChI=1S/C23H29ClN2O5/c1-17(27)29-16-21-10-9-20(30-21)15-25-11-4-12-26(14-13-25)22(28)23(2,3)31-19-7-5-18(24)6-8-19/h5-10H,4,11-16H2,1-3H3. The third kappa shape index (κ3) is 6.74. The van der Waals surface area contributed by atoms with E-state index in [0.29, 0.717) is 36.2 Å². The summed E-state index contributed by atoms with van der Waals surface area (Å²) in [6.45, 7) is 8.64. The monoisotopic (exact) mass is 448 g/mol. The molecule has 3 rings (SSSR count). The predicted molar refractivity (Wildman–Crippen MR) is 117 cm³/mol. The topological polar surface area (TPSA) is 72.2 Å². The van der Waals surface area contributed by atoms with Gasteiger partial charge in [-0.15, -0.1) is 0 Å². The zero-order chi connectivity index (χ0) is 22.4. The molecule has 1 aliphatic rings. The number of hydrogen-bond acceptors (Lipinski definition) is 6. The van der Waals surface area contributed by atoms with E-state index in [-0.39, 0.29) is 18.5 Å². The number of benzene rings is 1. The molecule has 0 N–H and O–H groups in total. The minimum absolute atomic E-state index is 0.0361. The van der Waals surface area contributed by atoms with Crippen molar-refractivity contribution in [2.45, 2.75) is 45.9 Å². The second kappa shape index (κ2) is 10.2. The lowest BCUT2D eigenvalue weighted by Gasteiger charge is -2.31. The molecule has 0 atom stereocenters. The molecule has 0 aliphatic carbocycles. The lowest BCUT2D eigenvalue weighted by Crippen LogP contribution is -2.50. The van der Waals surface area contributed by atoms with Crippen molar-refractivity contribution in [3.05, 3.63) is 52.9 Å². The number of carbonyl (C=O) groups is 2. The Kier molecular flexibility index (Phi) is 7.62. The van der Waals surface area contributed by atoms with Crippen LogP contribution in [0.15, 0.2) is 40.8 Å². The van der Waals surface area contributed by atoms with Gasteiger partial charge in [0.15, 0.2) is 5.60 Å². The molecule has 1 fully saturated rings. The molecule has 0 bridgehead atoms. The van der Waals surface area contributed by atoms with E-state index in [0.717, 1.165) is 25.3 Å². The van der Waals surface area contributed by atoms with E-state index >= 15 is 0 Å². The second-order valence-corrected chi connectivity index (χ2v) is 8.57. The first kappa shape index (κ1) is 23.2. The molecule has 2 aromatic rings. The van der Waals surface area contributed by atoms with Crippen LogP contribution in [0.3, 0.4) is 0 Å². The normalized spacial score (nSPS) is 15.4. The highest BCUT2D eigenvalue weighted by atomic mass is 35.5. The van der Waals surface area contributed by atoms with Gasteiger partial charge >= 0.3 is 5.97 Å².